The van der Waals surface area contributed by atoms with Crippen molar-refractivity contribution in [2.75, 3.05) is 0 Å². The Morgan fingerprint density at radius 2 is 1.81 bits per heavy atom. The molecule has 10 unspecified atom stereocenters. The molecule has 0 heterocycles. The molecule has 10 atom stereocenters. The molecular weight excluding hydrogens is 392 g/mol. The van der Waals surface area contributed by atoms with E-state index in [2.05, 4.69) is 41.5 Å². The van der Waals surface area contributed by atoms with E-state index in [1.807, 2.05) is 0 Å². The second-order valence-electron chi connectivity index (χ2n) is 14.9. The van der Waals surface area contributed by atoms with Crippen LogP contribution in [-0.4, -0.2) is 11.6 Å². The predicted molar refractivity (Wildman–Crippen MR) is 126 cm³/mol. The number of hydrogen-bond donors (Lipinski definition) is 0. The monoisotopic (exact) mass is 434 g/mol. The predicted octanol–water partition coefficient (Wildman–Crippen LogP) is 6.63. The number of carbonyl (C=O) groups excluding carboxylic acids is 2. The number of Topliss-reactive ketones (excluding diaryl/α,β-unsaturated/α-hetero) is 2. The first-order valence-electron chi connectivity index (χ1n) is 13.6. The van der Waals surface area contributed by atoms with Crippen LogP contribution in [-0.2, 0) is 9.59 Å². The van der Waals surface area contributed by atoms with Gasteiger partial charge in [0.25, 0.3) is 0 Å². The van der Waals surface area contributed by atoms with Gasteiger partial charge >= 0.3 is 0 Å². The van der Waals surface area contributed by atoms with Gasteiger partial charge in [-0.3, -0.25) is 4.79 Å². The molecule has 32 heavy (non-hydrogen) atoms. The highest BCUT2D eigenvalue weighted by atomic mass is 16.1. The molecule has 2 bridgehead atoms. The Morgan fingerprint density at radius 1 is 1.09 bits per heavy atom. The number of fused-ring (bicyclic) bond motifs is 5. The lowest BCUT2D eigenvalue weighted by Gasteiger charge is -2.48. The first-order chi connectivity index (χ1) is 14.9. The lowest BCUT2D eigenvalue weighted by molar-refractivity contribution is -0.136. The van der Waals surface area contributed by atoms with Crippen molar-refractivity contribution >= 4 is 11.6 Å². The standard InChI is InChI=1S/C30H42O2/c1-15(31)8-9-18-24(26(18,3)4)23-16(2)17-12-20(23)29(14-17)22(32)13-21-28(7)11-10-19-25(27(19,5)6)30(21,28)29/h17-21,24-25H,8-14H2,1-7H3. The van der Waals surface area contributed by atoms with Gasteiger partial charge in [0.1, 0.15) is 11.6 Å². The van der Waals surface area contributed by atoms with Gasteiger partial charge < -0.3 is 4.79 Å². The van der Waals surface area contributed by atoms with Crippen molar-refractivity contribution in [1.82, 2.24) is 0 Å². The largest absolute Gasteiger partial charge is 0.300 e. The van der Waals surface area contributed by atoms with Gasteiger partial charge in [0, 0.05) is 18.3 Å². The van der Waals surface area contributed by atoms with Crippen LogP contribution >= 0.6 is 0 Å². The van der Waals surface area contributed by atoms with E-state index >= 15 is 0 Å². The molecule has 174 valence electrons. The van der Waals surface area contributed by atoms with Crippen molar-refractivity contribution in [2.24, 2.45) is 68.5 Å². The highest BCUT2D eigenvalue weighted by Gasteiger charge is 2.96. The summed E-state index contributed by atoms with van der Waals surface area (Å²) >= 11 is 0. The molecule has 6 fully saturated rings. The van der Waals surface area contributed by atoms with Gasteiger partial charge in [-0.15, -0.1) is 0 Å². The molecule has 7 aliphatic rings. The van der Waals surface area contributed by atoms with Gasteiger partial charge in [-0.05, 0) is 109 Å². The maximum absolute atomic E-state index is 14.1. The van der Waals surface area contributed by atoms with Crippen molar-refractivity contribution in [2.45, 2.75) is 93.4 Å². The molecule has 0 amide bonds. The quantitative estimate of drug-likeness (QED) is 0.465. The van der Waals surface area contributed by atoms with Gasteiger partial charge in [-0.1, -0.05) is 45.8 Å². The molecule has 0 aromatic carbocycles. The normalized spacial score (nSPS) is 56.8. The van der Waals surface area contributed by atoms with Crippen LogP contribution in [0.2, 0.25) is 0 Å². The van der Waals surface area contributed by atoms with E-state index in [1.165, 1.54) is 25.7 Å². The van der Waals surface area contributed by atoms with E-state index in [-0.39, 0.29) is 10.8 Å². The van der Waals surface area contributed by atoms with Gasteiger partial charge in [-0.2, -0.15) is 0 Å². The molecule has 7 rings (SSSR count). The third-order valence-electron chi connectivity index (χ3n) is 13.6. The van der Waals surface area contributed by atoms with E-state index in [1.54, 1.807) is 18.1 Å². The van der Waals surface area contributed by atoms with Crippen molar-refractivity contribution < 1.29 is 9.59 Å². The SMILES string of the molecule is CC(=O)CCC1C(C2=C(C)C3CC2C2(C3)C(=O)CC3C4(C)CCC5C(C5(C)C)C342)C1(C)C. The van der Waals surface area contributed by atoms with E-state index in [0.717, 1.165) is 31.1 Å². The summed E-state index contributed by atoms with van der Waals surface area (Å²) in [6, 6.07) is 0. The minimum Gasteiger partial charge on any atom is -0.300 e. The molecule has 0 aromatic heterocycles. The molecule has 0 aliphatic heterocycles. The van der Waals surface area contributed by atoms with E-state index < -0.39 is 0 Å². The Labute approximate surface area is 194 Å². The Hall–Kier alpha value is -0.920. The minimum atomic E-state index is -0.0488. The molecule has 0 radical (unpaired) electrons. The number of allylic oxidation sites excluding steroid dienone is 2. The maximum atomic E-state index is 14.1. The zero-order valence-electron chi connectivity index (χ0n) is 21.3. The number of hydrogen-bond acceptors (Lipinski definition) is 2. The summed E-state index contributed by atoms with van der Waals surface area (Å²) in [5.41, 5.74) is 4.78. The van der Waals surface area contributed by atoms with Gasteiger partial charge in [0.2, 0.25) is 0 Å². The van der Waals surface area contributed by atoms with Crippen LogP contribution in [0.15, 0.2) is 11.1 Å². The fourth-order valence-corrected chi connectivity index (χ4v) is 12.3. The third-order valence-corrected chi connectivity index (χ3v) is 13.6. The lowest BCUT2D eigenvalue weighted by Crippen LogP contribution is -2.48. The molecule has 6 saturated carbocycles. The van der Waals surface area contributed by atoms with Crippen molar-refractivity contribution in [3.63, 3.8) is 0 Å². The fourth-order valence-electron chi connectivity index (χ4n) is 12.3. The van der Waals surface area contributed by atoms with Crippen LogP contribution < -0.4 is 0 Å². The Morgan fingerprint density at radius 3 is 2.47 bits per heavy atom. The summed E-state index contributed by atoms with van der Waals surface area (Å²) in [5, 5.41) is 0. The zero-order valence-corrected chi connectivity index (χ0v) is 21.3. The van der Waals surface area contributed by atoms with Gasteiger partial charge in [0.15, 0.2) is 0 Å². The van der Waals surface area contributed by atoms with Crippen molar-refractivity contribution in [3.05, 3.63) is 11.1 Å². The Balaban J connectivity index is 1.31. The highest BCUT2D eigenvalue weighted by molar-refractivity contribution is 5.93. The smallest absolute Gasteiger partial charge is 0.140 e. The molecule has 0 N–H and O–H groups in total. The van der Waals surface area contributed by atoms with Crippen LogP contribution in [0.1, 0.15) is 93.4 Å². The summed E-state index contributed by atoms with van der Waals surface area (Å²) in [5.74, 6) is 5.68. The molecule has 0 aromatic rings. The first-order valence-corrected chi connectivity index (χ1v) is 13.6. The third kappa shape index (κ3) is 1.79. The summed E-state index contributed by atoms with van der Waals surface area (Å²) in [6.45, 7) is 16.6. The second kappa shape index (κ2) is 5.33. The van der Waals surface area contributed by atoms with Crippen molar-refractivity contribution in [3.8, 4) is 0 Å². The second-order valence-corrected chi connectivity index (χ2v) is 14.9. The van der Waals surface area contributed by atoms with E-state index in [0.29, 0.717) is 57.4 Å². The average molecular weight is 435 g/mol. The summed E-state index contributed by atoms with van der Waals surface area (Å²) in [4.78, 5) is 25.8. The topological polar surface area (TPSA) is 34.1 Å². The van der Waals surface area contributed by atoms with E-state index in [4.69, 9.17) is 0 Å². The first kappa shape index (κ1) is 20.5. The lowest BCUT2D eigenvalue weighted by atomic mass is 9.54. The number of rotatable bonds is 4. The maximum Gasteiger partial charge on any atom is 0.140 e. The van der Waals surface area contributed by atoms with Gasteiger partial charge in [-0.25, -0.2) is 0 Å². The Bertz CT molecular complexity index is 1010. The summed E-state index contributed by atoms with van der Waals surface area (Å²) < 4.78 is 0. The molecular formula is C30H42O2. The van der Waals surface area contributed by atoms with Gasteiger partial charge in [0.05, 0.1) is 0 Å². The van der Waals surface area contributed by atoms with Crippen molar-refractivity contribution in [1.29, 1.82) is 0 Å². The minimum absolute atomic E-state index is 0.0488. The fraction of sp³-hybridized carbons (Fsp3) is 0.867. The summed E-state index contributed by atoms with van der Waals surface area (Å²) in [6.07, 6.45) is 7.82. The molecule has 0 saturated heterocycles. The molecule has 2 nitrogen and oxygen atoms in total. The van der Waals surface area contributed by atoms with Crippen LogP contribution in [0.25, 0.3) is 0 Å². The summed E-state index contributed by atoms with van der Waals surface area (Å²) in [7, 11) is 0. The zero-order chi connectivity index (χ0) is 22.8. The van der Waals surface area contributed by atoms with Crippen LogP contribution in [0.5, 0.6) is 0 Å². The molecule has 7 aliphatic carbocycles. The van der Waals surface area contributed by atoms with Crippen LogP contribution in [0, 0.1) is 68.5 Å². The van der Waals surface area contributed by atoms with Crippen LogP contribution in [0.4, 0.5) is 0 Å². The molecule has 2 heteroatoms. The number of carbonyl (C=O) groups is 2. The molecule has 2 spiro atoms. The van der Waals surface area contributed by atoms with E-state index in [9.17, 15) is 9.59 Å². The Kier molecular flexibility index (Phi) is 3.41. The average Bonchev–Trinajstić information content (AvgIpc) is 3.41. The highest BCUT2D eigenvalue weighted by Crippen LogP contribution is 2.98. The number of ketones is 2. The van der Waals surface area contributed by atoms with Crippen LogP contribution in [0.3, 0.4) is 0 Å².